The van der Waals surface area contributed by atoms with Gasteiger partial charge in [-0.25, -0.2) is 13.1 Å². The van der Waals surface area contributed by atoms with E-state index in [1.165, 1.54) is 31.3 Å². The number of hydrogen-bond donors (Lipinski definition) is 3. The largest absolute Gasteiger partial charge is 0.466 e. The van der Waals surface area contributed by atoms with Gasteiger partial charge in [0.25, 0.3) is 0 Å². The van der Waals surface area contributed by atoms with E-state index < -0.39 is 22.2 Å². The van der Waals surface area contributed by atoms with Crippen LogP contribution in [-0.4, -0.2) is 62.7 Å². The number of nitrogens with one attached hydrogen (secondary N) is 2. The third kappa shape index (κ3) is 9.46. The molecule has 0 radical (unpaired) electrons. The second-order valence-corrected chi connectivity index (χ2v) is 13.4. The lowest BCUT2D eigenvalue weighted by molar-refractivity contribution is -0.123. The van der Waals surface area contributed by atoms with Gasteiger partial charge in [-0.3, -0.25) is 4.79 Å². The van der Waals surface area contributed by atoms with Gasteiger partial charge in [-0.15, -0.1) is 0 Å². The van der Waals surface area contributed by atoms with Crippen LogP contribution in [0.5, 0.6) is 0 Å². The van der Waals surface area contributed by atoms with Crippen molar-refractivity contribution >= 4 is 15.9 Å². The molecule has 3 heterocycles. The molecule has 1 saturated heterocycles. The van der Waals surface area contributed by atoms with Crippen LogP contribution in [0.25, 0.3) is 0 Å². The average molecular weight is 642 g/mol. The first-order valence-corrected chi connectivity index (χ1v) is 17.2. The van der Waals surface area contributed by atoms with E-state index in [1.54, 1.807) is 12.2 Å². The van der Waals surface area contributed by atoms with Crippen molar-refractivity contribution in [2.24, 2.45) is 5.92 Å². The number of rotatable bonds is 15. The van der Waals surface area contributed by atoms with E-state index >= 15 is 0 Å². The van der Waals surface area contributed by atoms with Crippen LogP contribution in [0.2, 0.25) is 0 Å². The molecule has 3 aliphatic heterocycles. The maximum Gasteiger partial charge on any atom is 0.236 e. The van der Waals surface area contributed by atoms with Crippen molar-refractivity contribution in [2.75, 3.05) is 26.2 Å². The van der Waals surface area contributed by atoms with Gasteiger partial charge in [0.2, 0.25) is 15.9 Å². The third-order valence-electron chi connectivity index (χ3n) is 8.29. The molecule has 11 nitrogen and oxygen atoms in total. The molecule has 0 aromatic heterocycles. The highest BCUT2D eigenvalue weighted by atomic mass is 32.2. The summed E-state index contributed by atoms with van der Waals surface area (Å²) in [4.78, 5) is 16.1. The van der Waals surface area contributed by atoms with Crippen molar-refractivity contribution in [1.29, 1.82) is 0 Å². The summed E-state index contributed by atoms with van der Waals surface area (Å²) < 4.78 is 50.6. The van der Waals surface area contributed by atoms with Gasteiger partial charge >= 0.3 is 0 Å². The van der Waals surface area contributed by atoms with Crippen molar-refractivity contribution in [3.8, 4) is 0 Å². The first kappa shape index (κ1) is 32.8. The Labute approximate surface area is 265 Å². The fraction of sp³-hybridized carbons (Fsp3) is 0.485. The van der Waals surface area contributed by atoms with Gasteiger partial charge in [-0.2, -0.15) is 0 Å². The summed E-state index contributed by atoms with van der Waals surface area (Å²) in [6, 6.07) is -0.660. The van der Waals surface area contributed by atoms with Gasteiger partial charge in [0.1, 0.15) is 43.2 Å². The number of carbonyl (C=O) groups excluding carboxylic acids is 1. The van der Waals surface area contributed by atoms with Crippen LogP contribution in [0.15, 0.2) is 95.5 Å². The zero-order valence-electron chi connectivity index (χ0n) is 25.4. The summed E-state index contributed by atoms with van der Waals surface area (Å²) in [5.41, 5.74) is 0.977. The summed E-state index contributed by atoms with van der Waals surface area (Å²) in [5, 5.41) is 14.5. The molecular weight excluding hydrogens is 598 g/mol. The molecule has 3 N–H and O–H groups in total. The van der Waals surface area contributed by atoms with Gasteiger partial charge in [-0.05, 0) is 76.1 Å². The molecule has 244 valence electrons. The van der Waals surface area contributed by atoms with Gasteiger partial charge in [0, 0.05) is 25.4 Å². The van der Waals surface area contributed by atoms with Crippen LogP contribution in [0.4, 0.5) is 0 Å². The maximum atomic E-state index is 13.6. The molecule has 3 atom stereocenters. The van der Waals surface area contributed by atoms with Gasteiger partial charge in [-0.1, -0.05) is 30.4 Å². The number of aliphatic hydroxyl groups is 1. The van der Waals surface area contributed by atoms with Crippen molar-refractivity contribution in [2.45, 2.75) is 69.9 Å². The van der Waals surface area contributed by atoms with E-state index in [4.69, 9.17) is 18.9 Å². The molecule has 0 saturated carbocycles. The Morgan fingerprint density at radius 1 is 0.978 bits per heavy atom. The summed E-state index contributed by atoms with van der Waals surface area (Å²) in [7, 11) is -3.56. The second kappa shape index (κ2) is 16.1. The molecule has 0 aromatic carbocycles. The molecule has 12 heteroatoms. The minimum absolute atomic E-state index is 0.0513. The van der Waals surface area contributed by atoms with Crippen molar-refractivity contribution in [3.63, 3.8) is 0 Å². The van der Waals surface area contributed by atoms with E-state index in [0.717, 1.165) is 44.3 Å². The molecule has 1 amide bonds. The highest BCUT2D eigenvalue weighted by Gasteiger charge is 2.33. The summed E-state index contributed by atoms with van der Waals surface area (Å²) in [6.45, 7) is 2.43. The lowest BCUT2D eigenvalue weighted by atomic mass is 9.96. The second-order valence-electron chi connectivity index (χ2n) is 11.6. The number of allylic oxidation sites excluding steroid dienone is 9. The highest BCUT2D eigenvalue weighted by Crippen LogP contribution is 2.29. The SMILES string of the molecule is O=C(CC(CCCNS(=O)(=O)C1=CC=CCC1)C1=COC=CO1)N[C@H](CN1CCCC1)[C@@H](O)C1=COC=C(C2=CC=CCC2)O1. The Morgan fingerprint density at radius 3 is 2.47 bits per heavy atom. The van der Waals surface area contributed by atoms with Gasteiger partial charge in [0.15, 0.2) is 11.5 Å². The zero-order chi connectivity index (χ0) is 31.5. The van der Waals surface area contributed by atoms with E-state index in [2.05, 4.69) is 21.0 Å². The molecule has 1 unspecified atom stereocenters. The van der Waals surface area contributed by atoms with E-state index in [-0.39, 0.29) is 30.5 Å². The molecular formula is C33H43N3O8S. The monoisotopic (exact) mass is 641 g/mol. The van der Waals surface area contributed by atoms with E-state index in [1.807, 2.05) is 18.2 Å². The minimum Gasteiger partial charge on any atom is -0.466 e. The van der Waals surface area contributed by atoms with Crippen molar-refractivity contribution in [1.82, 2.24) is 14.9 Å². The van der Waals surface area contributed by atoms with E-state index in [9.17, 15) is 18.3 Å². The topological polar surface area (TPSA) is 136 Å². The fourth-order valence-corrected chi connectivity index (χ4v) is 7.08. The van der Waals surface area contributed by atoms with Crippen LogP contribution < -0.4 is 10.0 Å². The lowest BCUT2D eigenvalue weighted by Gasteiger charge is -2.31. The predicted molar refractivity (Wildman–Crippen MR) is 169 cm³/mol. The standard InChI is InChI=1S/C33H43N3O8S/c37-32(20-26(29-22-41-18-19-43-29)12-9-15-34-45(39,40)27-13-5-2-6-14-27)35-28(21-36-16-7-8-17-36)33(38)31-24-42-23-30(44-31)25-10-3-1-4-11-25/h1-3,5,10,13,18-19,22-24,26,28,33-34,38H,4,6-9,11-12,14-17,20-21H2,(H,35,37)/t26?,28-,33-/m1/s1. The lowest BCUT2D eigenvalue weighted by Crippen LogP contribution is -2.51. The Balaban J connectivity index is 1.21. The molecule has 5 aliphatic rings. The van der Waals surface area contributed by atoms with Crippen LogP contribution in [0.1, 0.15) is 57.8 Å². The van der Waals surface area contributed by atoms with Crippen LogP contribution in [0, 0.1) is 5.92 Å². The average Bonchev–Trinajstić information content (AvgIpc) is 3.60. The number of aliphatic hydroxyl groups excluding tert-OH is 1. The number of amides is 1. The molecule has 0 bridgehead atoms. The highest BCUT2D eigenvalue weighted by molar-refractivity contribution is 7.93. The van der Waals surface area contributed by atoms with Crippen molar-refractivity contribution in [3.05, 3.63) is 95.5 Å². The first-order chi connectivity index (χ1) is 21.9. The Kier molecular flexibility index (Phi) is 11.8. The Bertz CT molecular complexity index is 1420. The Morgan fingerprint density at radius 2 is 1.76 bits per heavy atom. The normalized spacial score (nSPS) is 21.8. The number of nitrogens with zero attached hydrogens (tertiary/aromatic N) is 1. The number of carbonyl (C=O) groups is 1. The van der Waals surface area contributed by atoms with Crippen LogP contribution in [0.3, 0.4) is 0 Å². The predicted octanol–water partition coefficient (Wildman–Crippen LogP) is 4.23. The maximum absolute atomic E-state index is 13.6. The molecule has 0 aromatic rings. The smallest absolute Gasteiger partial charge is 0.236 e. The zero-order valence-corrected chi connectivity index (χ0v) is 26.3. The molecule has 0 spiro atoms. The number of hydrogen-bond acceptors (Lipinski definition) is 9. The van der Waals surface area contributed by atoms with E-state index in [0.29, 0.717) is 48.7 Å². The first-order valence-electron chi connectivity index (χ1n) is 15.7. The molecule has 2 aliphatic carbocycles. The fourth-order valence-electron chi connectivity index (χ4n) is 5.83. The van der Waals surface area contributed by atoms with Crippen LogP contribution >= 0.6 is 0 Å². The molecule has 1 fully saturated rings. The third-order valence-corrected chi connectivity index (χ3v) is 9.90. The quantitative estimate of drug-likeness (QED) is 0.225. The van der Waals surface area contributed by atoms with Crippen molar-refractivity contribution < 1.29 is 37.3 Å². The minimum atomic E-state index is -3.56. The number of sulfonamides is 1. The number of ether oxygens (including phenoxy) is 4. The number of likely N-dealkylation sites (tertiary alicyclic amines) is 1. The van der Waals surface area contributed by atoms with Crippen LogP contribution in [-0.2, 0) is 33.8 Å². The summed E-state index contributed by atoms with van der Waals surface area (Å²) in [5.74, 6) is 0.592. The molecule has 5 rings (SSSR count). The summed E-state index contributed by atoms with van der Waals surface area (Å²) in [6.07, 6.45) is 23.3. The van der Waals surface area contributed by atoms with Gasteiger partial charge in [0.05, 0.1) is 10.9 Å². The summed E-state index contributed by atoms with van der Waals surface area (Å²) >= 11 is 0. The van der Waals surface area contributed by atoms with Gasteiger partial charge < -0.3 is 34.3 Å². The Hall–Kier alpha value is -3.58. The molecule has 45 heavy (non-hydrogen) atoms.